The second-order valence-electron chi connectivity index (χ2n) is 2.50. The highest BCUT2D eigenvalue weighted by atomic mass is 32.2. The van der Waals surface area contributed by atoms with Gasteiger partial charge < -0.3 is 0 Å². The predicted molar refractivity (Wildman–Crippen MR) is 60.6 cm³/mol. The van der Waals surface area contributed by atoms with Crippen molar-refractivity contribution in [3.05, 3.63) is 35.9 Å². The minimum atomic E-state index is 0.993. The number of hydrogen-bond donors (Lipinski definition) is 0. The summed E-state index contributed by atoms with van der Waals surface area (Å²) >= 11 is 6.88. The second-order valence-corrected chi connectivity index (χ2v) is 4.32. The molecule has 0 unspecified atom stereocenters. The van der Waals surface area contributed by atoms with E-state index < -0.39 is 0 Å². The van der Waals surface area contributed by atoms with Crippen molar-refractivity contribution >= 4 is 28.2 Å². The standard InChI is InChI=1S/C10H12S2/c1-2-10(11)12-8-9-6-4-3-5-7-9/h3-7H,2,8H2,1H3. The molecule has 0 spiro atoms. The zero-order valence-electron chi connectivity index (χ0n) is 7.12. The lowest BCUT2D eigenvalue weighted by Crippen LogP contribution is -1.86. The van der Waals surface area contributed by atoms with E-state index in [0.29, 0.717) is 0 Å². The van der Waals surface area contributed by atoms with Gasteiger partial charge in [-0.3, -0.25) is 0 Å². The molecular weight excluding hydrogens is 184 g/mol. The Morgan fingerprint density at radius 3 is 2.58 bits per heavy atom. The molecule has 0 aliphatic heterocycles. The highest BCUT2D eigenvalue weighted by Crippen LogP contribution is 2.15. The summed E-state index contributed by atoms with van der Waals surface area (Å²) in [4.78, 5) is 0. The van der Waals surface area contributed by atoms with Crippen molar-refractivity contribution in [3.63, 3.8) is 0 Å². The molecule has 0 amide bonds. The fourth-order valence-corrected chi connectivity index (χ4v) is 1.74. The van der Waals surface area contributed by atoms with E-state index in [2.05, 4.69) is 31.2 Å². The molecule has 0 N–H and O–H groups in total. The molecule has 0 fully saturated rings. The van der Waals surface area contributed by atoms with Gasteiger partial charge in [0, 0.05) is 9.95 Å². The van der Waals surface area contributed by atoms with Crippen molar-refractivity contribution in [1.29, 1.82) is 0 Å². The van der Waals surface area contributed by atoms with E-state index in [1.807, 2.05) is 6.07 Å². The van der Waals surface area contributed by atoms with E-state index in [0.717, 1.165) is 16.4 Å². The second kappa shape index (κ2) is 5.33. The van der Waals surface area contributed by atoms with E-state index >= 15 is 0 Å². The van der Waals surface area contributed by atoms with Crippen LogP contribution in [0, 0.1) is 0 Å². The zero-order chi connectivity index (χ0) is 8.81. The van der Waals surface area contributed by atoms with Crippen LogP contribution in [0.4, 0.5) is 0 Å². The maximum atomic E-state index is 5.12. The Kier molecular flexibility index (Phi) is 4.33. The minimum Gasteiger partial charge on any atom is -0.114 e. The van der Waals surface area contributed by atoms with E-state index in [-0.39, 0.29) is 0 Å². The van der Waals surface area contributed by atoms with Crippen molar-refractivity contribution in [2.24, 2.45) is 0 Å². The molecule has 2 heteroatoms. The highest BCUT2D eigenvalue weighted by Gasteiger charge is 1.95. The van der Waals surface area contributed by atoms with Crippen LogP contribution in [0.3, 0.4) is 0 Å². The summed E-state index contributed by atoms with van der Waals surface area (Å²) < 4.78 is 1.10. The first-order valence-electron chi connectivity index (χ1n) is 4.02. The van der Waals surface area contributed by atoms with Crippen molar-refractivity contribution in [2.45, 2.75) is 19.1 Å². The van der Waals surface area contributed by atoms with Crippen LogP contribution in [0.2, 0.25) is 0 Å². The van der Waals surface area contributed by atoms with Gasteiger partial charge in [0.05, 0.1) is 0 Å². The largest absolute Gasteiger partial charge is 0.114 e. The SMILES string of the molecule is CCC(=S)SCc1ccccc1. The molecule has 0 heterocycles. The lowest BCUT2D eigenvalue weighted by molar-refractivity contribution is 1.34. The van der Waals surface area contributed by atoms with E-state index in [4.69, 9.17) is 12.2 Å². The highest BCUT2D eigenvalue weighted by molar-refractivity contribution is 8.22. The van der Waals surface area contributed by atoms with Crippen LogP contribution in [0.1, 0.15) is 18.9 Å². The zero-order valence-corrected chi connectivity index (χ0v) is 8.75. The lowest BCUT2D eigenvalue weighted by Gasteiger charge is -1.99. The van der Waals surface area contributed by atoms with Gasteiger partial charge in [-0.05, 0) is 12.0 Å². The first-order valence-corrected chi connectivity index (χ1v) is 5.42. The van der Waals surface area contributed by atoms with E-state index in [1.54, 1.807) is 11.8 Å². The summed E-state index contributed by atoms with van der Waals surface area (Å²) in [7, 11) is 0. The van der Waals surface area contributed by atoms with Crippen molar-refractivity contribution < 1.29 is 0 Å². The molecule has 0 nitrogen and oxygen atoms in total. The average molecular weight is 196 g/mol. The third kappa shape index (κ3) is 3.37. The monoisotopic (exact) mass is 196 g/mol. The van der Waals surface area contributed by atoms with Crippen LogP contribution >= 0.6 is 24.0 Å². The molecular formula is C10H12S2. The van der Waals surface area contributed by atoms with Crippen LogP contribution in [0.5, 0.6) is 0 Å². The summed E-state index contributed by atoms with van der Waals surface area (Å²) in [5.74, 6) is 1.01. The quantitative estimate of drug-likeness (QED) is 0.677. The number of rotatable bonds is 3. The fraction of sp³-hybridized carbons (Fsp3) is 0.300. The molecule has 12 heavy (non-hydrogen) atoms. The maximum Gasteiger partial charge on any atom is 0.0478 e. The van der Waals surface area contributed by atoms with Gasteiger partial charge in [0.25, 0.3) is 0 Å². The van der Waals surface area contributed by atoms with Gasteiger partial charge in [0.15, 0.2) is 0 Å². The number of thioether (sulfide) groups is 1. The first kappa shape index (κ1) is 9.75. The Bertz CT molecular complexity index is 241. The van der Waals surface area contributed by atoms with E-state index in [9.17, 15) is 0 Å². The van der Waals surface area contributed by atoms with Gasteiger partial charge in [0.1, 0.15) is 0 Å². The van der Waals surface area contributed by atoms with Crippen LogP contribution in [0.25, 0.3) is 0 Å². The van der Waals surface area contributed by atoms with Crippen LogP contribution in [-0.4, -0.2) is 4.20 Å². The molecule has 0 aliphatic rings. The van der Waals surface area contributed by atoms with Gasteiger partial charge in [-0.2, -0.15) is 0 Å². The Hall–Kier alpha value is -0.340. The van der Waals surface area contributed by atoms with Gasteiger partial charge in [-0.25, -0.2) is 0 Å². The van der Waals surface area contributed by atoms with Crippen LogP contribution < -0.4 is 0 Å². The number of hydrogen-bond acceptors (Lipinski definition) is 2. The summed E-state index contributed by atoms with van der Waals surface area (Å²) in [5.41, 5.74) is 1.35. The third-order valence-corrected chi connectivity index (χ3v) is 3.26. The molecule has 1 aromatic carbocycles. The molecule has 1 rings (SSSR count). The Morgan fingerprint density at radius 2 is 2.00 bits per heavy atom. The number of thiocarbonyl (C=S) groups is 1. The molecule has 0 aromatic heterocycles. The Balaban J connectivity index is 2.38. The third-order valence-electron chi connectivity index (χ3n) is 1.53. The Labute approximate surface area is 83.4 Å². The minimum absolute atomic E-state index is 0.993. The predicted octanol–water partition coefficient (Wildman–Crippen LogP) is 3.66. The van der Waals surface area contributed by atoms with Gasteiger partial charge in [0.2, 0.25) is 0 Å². The fourth-order valence-electron chi connectivity index (χ4n) is 0.840. The Morgan fingerprint density at radius 1 is 1.33 bits per heavy atom. The summed E-state index contributed by atoms with van der Waals surface area (Å²) in [6, 6.07) is 10.4. The molecule has 1 aromatic rings. The topological polar surface area (TPSA) is 0 Å². The molecule has 0 saturated carbocycles. The summed E-state index contributed by atoms with van der Waals surface area (Å²) in [5, 5.41) is 0. The van der Waals surface area contributed by atoms with Crippen LogP contribution in [0.15, 0.2) is 30.3 Å². The summed E-state index contributed by atoms with van der Waals surface area (Å²) in [6.07, 6.45) is 0.993. The normalized spacial score (nSPS) is 9.75. The summed E-state index contributed by atoms with van der Waals surface area (Å²) in [6.45, 7) is 2.10. The van der Waals surface area contributed by atoms with E-state index in [1.165, 1.54) is 5.56 Å². The maximum absolute atomic E-state index is 5.12. The van der Waals surface area contributed by atoms with Crippen LogP contribution in [-0.2, 0) is 5.75 Å². The molecule has 64 valence electrons. The van der Waals surface area contributed by atoms with Crippen molar-refractivity contribution in [2.75, 3.05) is 0 Å². The molecule has 0 radical (unpaired) electrons. The molecule has 0 bridgehead atoms. The number of benzene rings is 1. The van der Waals surface area contributed by atoms with Crippen molar-refractivity contribution in [1.82, 2.24) is 0 Å². The first-order chi connectivity index (χ1) is 5.83. The van der Waals surface area contributed by atoms with Crippen molar-refractivity contribution in [3.8, 4) is 0 Å². The molecule has 0 saturated heterocycles. The average Bonchev–Trinajstić information content (AvgIpc) is 2.16. The van der Waals surface area contributed by atoms with Gasteiger partial charge in [-0.15, -0.1) is 11.8 Å². The molecule has 0 aliphatic carbocycles. The molecule has 0 atom stereocenters. The lowest BCUT2D eigenvalue weighted by atomic mass is 10.2. The van der Waals surface area contributed by atoms with Gasteiger partial charge in [-0.1, -0.05) is 49.5 Å². The smallest absolute Gasteiger partial charge is 0.0478 e. The van der Waals surface area contributed by atoms with Gasteiger partial charge >= 0.3 is 0 Å².